The summed E-state index contributed by atoms with van der Waals surface area (Å²) in [6.45, 7) is 7.79. The molecule has 3 aliphatic carbocycles. The molecule has 0 aromatic rings. The molecular weight excluding hydrogens is 212 g/mol. The molecule has 3 saturated carbocycles. The van der Waals surface area contributed by atoms with Crippen molar-refractivity contribution in [3.05, 3.63) is 0 Å². The maximum atomic E-state index is 12.2. The van der Waals surface area contributed by atoms with Crippen LogP contribution < -0.4 is 0 Å². The highest BCUT2D eigenvalue weighted by Gasteiger charge is 2.85. The van der Waals surface area contributed by atoms with E-state index in [-0.39, 0.29) is 11.4 Å². The van der Waals surface area contributed by atoms with Gasteiger partial charge < -0.3 is 4.74 Å². The molecule has 6 unspecified atom stereocenters. The minimum atomic E-state index is -0.0485. The number of esters is 1. The maximum absolute atomic E-state index is 12.2. The van der Waals surface area contributed by atoms with Crippen LogP contribution >= 0.6 is 0 Å². The van der Waals surface area contributed by atoms with Gasteiger partial charge in [-0.1, -0.05) is 20.8 Å². The minimum absolute atomic E-state index is 0.0485. The quantitative estimate of drug-likeness (QED) is 0.652. The van der Waals surface area contributed by atoms with Crippen LogP contribution in [0.4, 0.5) is 0 Å². The van der Waals surface area contributed by atoms with Crippen molar-refractivity contribution in [1.29, 1.82) is 0 Å². The van der Waals surface area contributed by atoms with E-state index in [1.54, 1.807) is 0 Å². The largest absolute Gasteiger partial charge is 0.465 e. The molecule has 6 atom stereocenters. The molecule has 0 aromatic heterocycles. The molecule has 2 heteroatoms. The molecule has 2 bridgehead atoms. The Morgan fingerprint density at radius 1 is 1.35 bits per heavy atom. The van der Waals surface area contributed by atoms with Crippen molar-refractivity contribution in [3.63, 3.8) is 0 Å². The Balaban J connectivity index is 1.77. The van der Waals surface area contributed by atoms with E-state index in [0.717, 1.165) is 42.4 Å². The molecule has 1 heterocycles. The number of hydrogen-bond donors (Lipinski definition) is 0. The van der Waals surface area contributed by atoms with E-state index in [2.05, 4.69) is 20.8 Å². The standard InChI is InChI=1S/C15H22O2/c1-8(2)11-10-6-14(4-5-17-13(14)16)15(7-10)9(3)12(11)15/h8-12H,4-7H2,1-3H3. The Morgan fingerprint density at radius 3 is 2.71 bits per heavy atom. The van der Waals surface area contributed by atoms with Crippen molar-refractivity contribution >= 4 is 5.97 Å². The molecule has 4 aliphatic rings. The first-order chi connectivity index (χ1) is 8.04. The minimum Gasteiger partial charge on any atom is -0.465 e. The van der Waals surface area contributed by atoms with Crippen LogP contribution in [-0.4, -0.2) is 12.6 Å². The summed E-state index contributed by atoms with van der Waals surface area (Å²) in [6, 6.07) is 0. The third-order valence-corrected chi connectivity index (χ3v) is 6.82. The molecular formula is C15H22O2. The molecule has 0 N–H and O–H groups in total. The summed E-state index contributed by atoms with van der Waals surface area (Å²) in [7, 11) is 0. The predicted molar refractivity (Wildman–Crippen MR) is 64.1 cm³/mol. The number of fused-ring (bicyclic) bond motifs is 1. The van der Waals surface area contributed by atoms with Crippen molar-refractivity contribution in [2.45, 2.75) is 40.0 Å². The smallest absolute Gasteiger partial charge is 0.312 e. The van der Waals surface area contributed by atoms with Crippen molar-refractivity contribution in [2.24, 2.45) is 40.4 Å². The van der Waals surface area contributed by atoms with E-state index >= 15 is 0 Å². The van der Waals surface area contributed by atoms with Gasteiger partial charge in [0.25, 0.3) is 0 Å². The van der Waals surface area contributed by atoms with Gasteiger partial charge in [-0.3, -0.25) is 4.79 Å². The zero-order valence-corrected chi connectivity index (χ0v) is 11.0. The highest BCUT2D eigenvalue weighted by Crippen LogP contribution is 2.87. The molecule has 4 fully saturated rings. The summed E-state index contributed by atoms with van der Waals surface area (Å²) >= 11 is 0. The second kappa shape index (κ2) is 2.73. The lowest BCUT2D eigenvalue weighted by Gasteiger charge is -2.34. The zero-order valence-electron chi connectivity index (χ0n) is 11.0. The van der Waals surface area contributed by atoms with Gasteiger partial charge in [0.05, 0.1) is 12.0 Å². The fourth-order valence-electron chi connectivity index (χ4n) is 6.45. The molecule has 0 aromatic carbocycles. The zero-order chi connectivity index (χ0) is 12.0. The molecule has 2 nitrogen and oxygen atoms in total. The number of hydrogen-bond acceptors (Lipinski definition) is 2. The Kier molecular flexibility index (Phi) is 1.67. The number of ether oxygens (including phenoxy) is 1. The Bertz CT molecular complexity index is 402. The lowest BCUT2D eigenvalue weighted by Crippen LogP contribution is -2.37. The van der Waals surface area contributed by atoms with Crippen LogP contribution in [0.5, 0.6) is 0 Å². The van der Waals surface area contributed by atoms with E-state index in [1.807, 2.05) is 0 Å². The third-order valence-electron chi connectivity index (χ3n) is 6.82. The van der Waals surface area contributed by atoms with E-state index in [4.69, 9.17) is 4.74 Å². The van der Waals surface area contributed by atoms with Crippen LogP contribution in [0.1, 0.15) is 40.0 Å². The van der Waals surface area contributed by atoms with Crippen LogP contribution in [0.3, 0.4) is 0 Å². The Labute approximate surface area is 103 Å². The van der Waals surface area contributed by atoms with Crippen LogP contribution in [0, 0.1) is 40.4 Å². The molecule has 0 radical (unpaired) electrons. The second-order valence-corrected chi connectivity index (χ2v) is 7.31. The molecule has 94 valence electrons. The van der Waals surface area contributed by atoms with Gasteiger partial charge in [-0.15, -0.1) is 0 Å². The molecule has 1 saturated heterocycles. The van der Waals surface area contributed by atoms with E-state index < -0.39 is 0 Å². The highest BCUT2D eigenvalue weighted by atomic mass is 16.5. The first kappa shape index (κ1) is 10.4. The van der Waals surface area contributed by atoms with E-state index in [9.17, 15) is 4.79 Å². The van der Waals surface area contributed by atoms with Crippen molar-refractivity contribution in [2.75, 3.05) is 6.61 Å². The SMILES string of the molecule is CC(C)C1C2CC3(CCOC3=O)C3(C2)C(C)C13. The van der Waals surface area contributed by atoms with Gasteiger partial charge in [0.1, 0.15) is 0 Å². The van der Waals surface area contributed by atoms with Gasteiger partial charge in [0.15, 0.2) is 0 Å². The van der Waals surface area contributed by atoms with Crippen LogP contribution in [0.25, 0.3) is 0 Å². The summed E-state index contributed by atoms with van der Waals surface area (Å²) in [5.74, 6) is 4.21. The number of cyclic esters (lactones) is 1. The Hall–Kier alpha value is -0.530. The second-order valence-electron chi connectivity index (χ2n) is 7.31. The normalized spacial score (nSPS) is 58.9. The summed E-state index contributed by atoms with van der Waals surface area (Å²) in [6.07, 6.45) is 3.46. The van der Waals surface area contributed by atoms with Gasteiger partial charge in [0, 0.05) is 0 Å². The van der Waals surface area contributed by atoms with Crippen molar-refractivity contribution < 1.29 is 9.53 Å². The summed E-state index contributed by atoms with van der Waals surface area (Å²) in [5, 5.41) is 0. The molecule has 1 aliphatic heterocycles. The molecule has 4 rings (SSSR count). The topological polar surface area (TPSA) is 26.3 Å². The monoisotopic (exact) mass is 234 g/mol. The highest BCUT2D eigenvalue weighted by molar-refractivity contribution is 5.82. The van der Waals surface area contributed by atoms with Gasteiger partial charge in [0.2, 0.25) is 0 Å². The lowest BCUT2D eigenvalue weighted by molar-refractivity contribution is -0.150. The molecule has 17 heavy (non-hydrogen) atoms. The maximum Gasteiger partial charge on any atom is 0.312 e. The Morgan fingerprint density at radius 2 is 2.12 bits per heavy atom. The number of carbonyl (C=O) groups excluding carboxylic acids is 1. The van der Waals surface area contributed by atoms with Gasteiger partial charge in [-0.2, -0.15) is 0 Å². The summed E-state index contributed by atoms with van der Waals surface area (Å²) < 4.78 is 5.34. The lowest BCUT2D eigenvalue weighted by atomic mass is 9.67. The average Bonchev–Trinajstić information content (AvgIpc) is 2.68. The van der Waals surface area contributed by atoms with Crippen LogP contribution in [-0.2, 0) is 9.53 Å². The molecule has 0 amide bonds. The van der Waals surface area contributed by atoms with Crippen LogP contribution in [0.2, 0.25) is 0 Å². The van der Waals surface area contributed by atoms with Gasteiger partial charge in [-0.05, 0) is 54.3 Å². The third kappa shape index (κ3) is 0.850. The first-order valence-electron chi connectivity index (χ1n) is 7.22. The summed E-state index contributed by atoms with van der Waals surface area (Å²) in [4.78, 5) is 12.2. The fourth-order valence-corrected chi connectivity index (χ4v) is 6.45. The van der Waals surface area contributed by atoms with Gasteiger partial charge >= 0.3 is 5.97 Å². The van der Waals surface area contributed by atoms with Gasteiger partial charge in [-0.25, -0.2) is 0 Å². The van der Waals surface area contributed by atoms with E-state index in [1.165, 1.54) is 6.42 Å². The number of carbonyl (C=O) groups is 1. The predicted octanol–water partition coefficient (Wildman–Crippen LogP) is 2.87. The number of rotatable bonds is 1. The van der Waals surface area contributed by atoms with Crippen molar-refractivity contribution in [1.82, 2.24) is 0 Å². The molecule has 2 spiro atoms. The first-order valence-corrected chi connectivity index (χ1v) is 7.22. The average molecular weight is 234 g/mol. The fraction of sp³-hybridized carbons (Fsp3) is 0.933. The van der Waals surface area contributed by atoms with Crippen molar-refractivity contribution in [3.8, 4) is 0 Å². The van der Waals surface area contributed by atoms with E-state index in [0.29, 0.717) is 12.0 Å². The summed E-state index contributed by atoms with van der Waals surface area (Å²) in [5.41, 5.74) is 0.313. The van der Waals surface area contributed by atoms with Crippen LogP contribution in [0.15, 0.2) is 0 Å².